The van der Waals surface area contributed by atoms with Gasteiger partial charge in [-0.25, -0.2) is 0 Å². The molecule has 2 aromatic rings. The van der Waals surface area contributed by atoms with E-state index in [4.69, 9.17) is 9.47 Å². The molecule has 0 spiro atoms. The van der Waals surface area contributed by atoms with Crippen LogP contribution in [0.3, 0.4) is 0 Å². The number of aryl methyl sites for hydroxylation is 1. The average molecular weight is 259 g/mol. The molecule has 2 heterocycles. The molecule has 0 saturated carbocycles. The van der Waals surface area contributed by atoms with E-state index in [1.54, 1.807) is 4.68 Å². The van der Waals surface area contributed by atoms with Gasteiger partial charge in [0.2, 0.25) is 0 Å². The van der Waals surface area contributed by atoms with Crippen LogP contribution in [0.25, 0.3) is 0 Å². The fourth-order valence-electron chi connectivity index (χ4n) is 2.13. The van der Waals surface area contributed by atoms with Crippen molar-refractivity contribution in [3.8, 4) is 11.5 Å². The van der Waals surface area contributed by atoms with Crippen LogP contribution >= 0.6 is 0 Å². The Balaban J connectivity index is 1.77. The number of fused-ring (bicyclic) bond motifs is 1. The van der Waals surface area contributed by atoms with Gasteiger partial charge in [-0.1, -0.05) is 6.07 Å². The molecule has 1 unspecified atom stereocenters. The molecule has 0 amide bonds. The fourth-order valence-corrected chi connectivity index (χ4v) is 2.13. The molecule has 0 saturated heterocycles. The van der Waals surface area contributed by atoms with E-state index in [1.165, 1.54) is 0 Å². The number of anilines is 1. The molecule has 5 nitrogen and oxygen atoms in total. The van der Waals surface area contributed by atoms with Gasteiger partial charge >= 0.3 is 0 Å². The van der Waals surface area contributed by atoms with Crippen molar-refractivity contribution in [1.82, 2.24) is 9.78 Å². The molecule has 1 aliphatic heterocycles. The molecule has 3 rings (SSSR count). The minimum atomic E-state index is 0.158. The van der Waals surface area contributed by atoms with E-state index < -0.39 is 0 Å². The van der Waals surface area contributed by atoms with Crippen molar-refractivity contribution in [1.29, 1.82) is 0 Å². The molecule has 0 bridgehead atoms. The Kier molecular flexibility index (Phi) is 3.03. The Labute approximate surface area is 112 Å². The molecule has 0 aliphatic carbocycles. The molecule has 1 aromatic carbocycles. The Bertz CT molecular complexity index is 580. The van der Waals surface area contributed by atoms with Crippen LogP contribution in [0.4, 0.5) is 5.82 Å². The third kappa shape index (κ3) is 2.50. The maximum atomic E-state index is 5.60. The summed E-state index contributed by atoms with van der Waals surface area (Å²) in [7, 11) is 1.90. The highest BCUT2D eigenvalue weighted by Crippen LogP contribution is 2.33. The first-order valence-corrected chi connectivity index (χ1v) is 6.38. The number of hydrogen-bond donors (Lipinski definition) is 1. The number of ether oxygens (including phenoxy) is 2. The molecular formula is C14H17N3O2. The van der Waals surface area contributed by atoms with Gasteiger partial charge < -0.3 is 14.8 Å². The van der Waals surface area contributed by atoms with E-state index in [2.05, 4.69) is 17.3 Å². The van der Waals surface area contributed by atoms with E-state index >= 15 is 0 Å². The van der Waals surface area contributed by atoms with Crippen LogP contribution in [0.2, 0.25) is 0 Å². The number of nitrogens with one attached hydrogen (secondary N) is 1. The Hall–Kier alpha value is -2.17. The zero-order chi connectivity index (χ0) is 13.2. The molecule has 0 radical (unpaired) electrons. The minimum absolute atomic E-state index is 0.158. The third-order valence-electron chi connectivity index (χ3n) is 3.14. The molecule has 19 heavy (non-hydrogen) atoms. The SMILES string of the molecule is CC(Nc1ccn(C)n1)c1ccc2c(c1)OCCO2. The van der Waals surface area contributed by atoms with Gasteiger partial charge in [0, 0.05) is 19.3 Å². The summed E-state index contributed by atoms with van der Waals surface area (Å²) in [6, 6.07) is 8.14. The van der Waals surface area contributed by atoms with Crippen LogP contribution < -0.4 is 14.8 Å². The summed E-state index contributed by atoms with van der Waals surface area (Å²) in [4.78, 5) is 0. The van der Waals surface area contributed by atoms with Crippen molar-refractivity contribution in [2.24, 2.45) is 7.05 Å². The van der Waals surface area contributed by atoms with Crippen LogP contribution in [-0.4, -0.2) is 23.0 Å². The highest BCUT2D eigenvalue weighted by molar-refractivity contribution is 5.46. The smallest absolute Gasteiger partial charge is 0.161 e. The van der Waals surface area contributed by atoms with Crippen molar-refractivity contribution >= 4 is 5.82 Å². The van der Waals surface area contributed by atoms with E-state index in [9.17, 15) is 0 Å². The first kappa shape index (κ1) is 11.9. The van der Waals surface area contributed by atoms with E-state index in [-0.39, 0.29) is 6.04 Å². The van der Waals surface area contributed by atoms with Crippen LogP contribution in [0.1, 0.15) is 18.5 Å². The van der Waals surface area contributed by atoms with Gasteiger partial charge in [0.05, 0.1) is 6.04 Å². The lowest BCUT2D eigenvalue weighted by molar-refractivity contribution is 0.171. The first-order valence-electron chi connectivity index (χ1n) is 6.38. The molecule has 1 aliphatic rings. The van der Waals surface area contributed by atoms with Crippen molar-refractivity contribution in [2.75, 3.05) is 18.5 Å². The molecular weight excluding hydrogens is 242 g/mol. The predicted molar refractivity (Wildman–Crippen MR) is 72.7 cm³/mol. The normalized spacial score (nSPS) is 15.1. The van der Waals surface area contributed by atoms with Crippen LogP contribution in [-0.2, 0) is 7.05 Å². The van der Waals surface area contributed by atoms with Crippen molar-refractivity contribution in [3.63, 3.8) is 0 Å². The second-order valence-corrected chi connectivity index (χ2v) is 4.64. The van der Waals surface area contributed by atoms with Gasteiger partial charge in [-0.15, -0.1) is 0 Å². The summed E-state index contributed by atoms with van der Waals surface area (Å²) < 4.78 is 12.9. The second kappa shape index (κ2) is 4.84. The van der Waals surface area contributed by atoms with Gasteiger partial charge in [-0.3, -0.25) is 4.68 Å². The Morgan fingerprint density at radius 2 is 2.00 bits per heavy atom. The highest BCUT2D eigenvalue weighted by atomic mass is 16.6. The number of benzene rings is 1. The zero-order valence-electron chi connectivity index (χ0n) is 11.1. The lowest BCUT2D eigenvalue weighted by atomic mass is 10.1. The van der Waals surface area contributed by atoms with E-state index in [0.717, 1.165) is 22.9 Å². The van der Waals surface area contributed by atoms with Crippen molar-refractivity contribution < 1.29 is 9.47 Å². The summed E-state index contributed by atoms with van der Waals surface area (Å²) in [6.45, 7) is 3.33. The summed E-state index contributed by atoms with van der Waals surface area (Å²) in [5.41, 5.74) is 1.15. The maximum absolute atomic E-state index is 5.60. The van der Waals surface area contributed by atoms with E-state index in [1.807, 2.05) is 37.5 Å². The standard InChI is InChI=1S/C14H17N3O2/c1-10(15-14-5-6-17(2)16-14)11-3-4-12-13(9-11)19-8-7-18-12/h3-6,9-10H,7-8H2,1-2H3,(H,15,16). The Morgan fingerprint density at radius 3 is 2.74 bits per heavy atom. The summed E-state index contributed by atoms with van der Waals surface area (Å²) in [6.07, 6.45) is 1.92. The first-order chi connectivity index (χ1) is 9.22. The second-order valence-electron chi connectivity index (χ2n) is 4.64. The van der Waals surface area contributed by atoms with Crippen LogP contribution in [0.5, 0.6) is 11.5 Å². The van der Waals surface area contributed by atoms with E-state index in [0.29, 0.717) is 13.2 Å². The number of rotatable bonds is 3. The molecule has 0 fully saturated rings. The van der Waals surface area contributed by atoms with Crippen LogP contribution in [0.15, 0.2) is 30.5 Å². The number of hydrogen-bond acceptors (Lipinski definition) is 4. The monoisotopic (exact) mass is 259 g/mol. The fraction of sp³-hybridized carbons (Fsp3) is 0.357. The summed E-state index contributed by atoms with van der Waals surface area (Å²) in [5.74, 6) is 2.50. The lowest BCUT2D eigenvalue weighted by Crippen LogP contribution is -2.16. The van der Waals surface area contributed by atoms with Gasteiger partial charge in [0.25, 0.3) is 0 Å². The van der Waals surface area contributed by atoms with Crippen molar-refractivity contribution in [2.45, 2.75) is 13.0 Å². The number of aromatic nitrogens is 2. The molecule has 1 aromatic heterocycles. The molecule has 5 heteroatoms. The third-order valence-corrected chi connectivity index (χ3v) is 3.14. The van der Waals surface area contributed by atoms with Gasteiger partial charge in [0.15, 0.2) is 11.5 Å². The van der Waals surface area contributed by atoms with Gasteiger partial charge in [0.1, 0.15) is 19.0 Å². The topological polar surface area (TPSA) is 48.3 Å². The van der Waals surface area contributed by atoms with Crippen molar-refractivity contribution in [3.05, 3.63) is 36.0 Å². The predicted octanol–water partition coefficient (Wildman–Crippen LogP) is 2.36. The summed E-state index contributed by atoms with van der Waals surface area (Å²) in [5, 5.41) is 7.67. The quantitative estimate of drug-likeness (QED) is 0.919. The highest BCUT2D eigenvalue weighted by Gasteiger charge is 2.14. The zero-order valence-corrected chi connectivity index (χ0v) is 11.1. The maximum Gasteiger partial charge on any atom is 0.161 e. The lowest BCUT2D eigenvalue weighted by Gasteiger charge is -2.21. The number of nitrogens with zero attached hydrogens (tertiary/aromatic N) is 2. The molecule has 1 N–H and O–H groups in total. The minimum Gasteiger partial charge on any atom is -0.486 e. The van der Waals surface area contributed by atoms with Gasteiger partial charge in [-0.05, 0) is 24.6 Å². The Morgan fingerprint density at radius 1 is 1.21 bits per heavy atom. The largest absolute Gasteiger partial charge is 0.486 e. The molecule has 1 atom stereocenters. The molecule has 100 valence electrons. The van der Waals surface area contributed by atoms with Crippen LogP contribution in [0, 0.1) is 0 Å². The summed E-state index contributed by atoms with van der Waals surface area (Å²) >= 11 is 0. The average Bonchev–Trinajstić information content (AvgIpc) is 2.83. The van der Waals surface area contributed by atoms with Gasteiger partial charge in [-0.2, -0.15) is 5.10 Å².